The average Bonchev–Trinajstić information content (AvgIpc) is 3.22. The minimum atomic E-state index is -0.477. The van der Waals surface area contributed by atoms with Gasteiger partial charge in [-0.2, -0.15) is 0 Å². The quantitative estimate of drug-likeness (QED) is 0.923. The number of amides is 2. The van der Waals surface area contributed by atoms with Gasteiger partial charge in [-0.15, -0.1) is 0 Å². The van der Waals surface area contributed by atoms with E-state index in [1.165, 1.54) is 23.1 Å². The first-order chi connectivity index (χ1) is 9.56. The van der Waals surface area contributed by atoms with Crippen LogP contribution in [-0.4, -0.2) is 29.3 Å². The van der Waals surface area contributed by atoms with Gasteiger partial charge in [0.25, 0.3) is 0 Å². The van der Waals surface area contributed by atoms with Crippen molar-refractivity contribution in [3.05, 3.63) is 34.6 Å². The number of carbonyl (C=O) groups is 2. The van der Waals surface area contributed by atoms with Crippen LogP contribution in [0.25, 0.3) is 0 Å². The molecule has 6 heteroatoms. The van der Waals surface area contributed by atoms with Crippen molar-refractivity contribution in [3.63, 3.8) is 0 Å². The van der Waals surface area contributed by atoms with Crippen LogP contribution in [-0.2, 0) is 16.1 Å². The molecule has 1 unspecified atom stereocenters. The summed E-state index contributed by atoms with van der Waals surface area (Å²) in [5, 5.41) is 3.01. The lowest BCUT2D eigenvalue weighted by Crippen LogP contribution is -2.58. The van der Waals surface area contributed by atoms with Gasteiger partial charge in [0.15, 0.2) is 0 Å². The fourth-order valence-electron chi connectivity index (χ4n) is 2.58. The highest BCUT2D eigenvalue weighted by molar-refractivity contribution is 6.30. The van der Waals surface area contributed by atoms with Crippen LogP contribution in [0.15, 0.2) is 18.2 Å². The first-order valence-corrected chi connectivity index (χ1v) is 6.95. The van der Waals surface area contributed by atoms with Gasteiger partial charge >= 0.3 is 0 Å². The van der Waals surface area contributed by atoms with Gasteiger partial charge in [-0.25, -0.2) is 4.39 Å². The van der Waals surface area contributed by atoms with E-state index in [4.69, 9.17) is 11.6 Å². The maximum absolute atomic E-state index is 13.8. The Hall–Kier alpha value is -1.62. The third kappa shape index (κ3) is 2.50. The molecule has 1 saturated carbocycles. The molecule has 1 saturated heterocycles. The second-order valence-electron chi connectivity index (χ2n) is 5.26. The monoisotopic (exact) mass is 296 g/mol. The highest BCUT2D eigenvalue weighted by Gasteiger charge is 2.44. The molecule has 106 valence electrons. The Morgan fingerprint density at radius 1 is 1.35 bits per heavy atom. The van der Waals surface area contributed by atoms with Gasteiger partial charge in [-0.3, -0.25) is 9.59 Å². The zero-order valence-electron chi connectivity index (χ0n) is 10.7. The summed E-state index contributed by atoms with van der Waals surface area (Å²) in [6, 6.07) is 3.76. The lowest BCUT2D eigenvalue weighted by atomic mass is 10.1. The van der Waals surface area contributed by atoms with E-state index in [-0.39, 0.29) is 30.8 Å². The molecular weight excluding hydrogens is 283 g/mol. The van der Waals surface area contributed by atoms with Crippen molar-refractivity contribution >= 4 is 23.4 Å². The zero-order valence-corrected chi connectivity index (χ0v) is 11.5. The summed E-state index contributed by atoms with van der Waals surface area (Å²) in [6.45, 7) is 0.0596. The summed E-state index contributed by atoms with van der Waals surface area (Å²) < 4.78 is 13.8. The molecule has 20 heavy (non-hydrogen) atoms. The van der Waals surface area contributed by atoms with E-state index in [1.807, 2.05) is 0 Å². The highest BCUT2D eigenvalue weighted by atomic mass is 35.5. The number of hydrogen-bond donors (Lipinski definition) is 1. The predicted molar refractivity (Wildman–Crippen MR) is 71.5 cm³/mol. The van der Waals surface area contributed by atoms with Crippen molar-refractivity contribution in [2.24, 2.45) is 5.92 Å². The molecule has 1 aliphatic heterocycles. The largest absolute Gasteiger partial charge is 0.345 e. The van der Waals surface area contributed by atoms with Gasteiger partial charge in [0.2, 0.25) is 11.8 Å². The molecule has 1 atom stereocenters. The molecule has 3 rings (SSSR count). The third-order valence-electron chi connectivity index (χ3n) is 3.76. The minimum Gasteiger partial charge on any atom is -0.345 e. The first kappa shape index (κ1) is 13.4. The second kappa shape index (κ2) is 5.05. The van der Waals surface area contributed by atoms with Gasteiger partial charge in [-0.05, 0) is 37.0 Å². The van der Waals surface area contributed by atoms with E-state index in [1.54, 1.807) is 0 Å². The summed E-state index contributed by atoms with van der Waals surface area (Å²) in [5.41, 5.74) is 0.339. The Morgan fingerprint density at radius 3 is 2.80 bits per heavy atom. The van der Waals surface area contributed by atoms with Crippen molar-refractivity contribution in [2.45, 2.75) is 25.4 Å². The molecule has 2 fully saturated rings. The molecule has 1 aromatic carbocycles. The normalized spacial score (nSPS) is 22.9. The first-order valence-electron chi connectivity index (χ1n) is 6.57. The zero-order chi connectivity index (χ0) is 14.3. The third-order valence-corrected chi connectivity index (χ3v) is 3.99. The van der Waals surface area contributed by atoms with E-state index < -0.39 is 11.9 Å². The Kier molecular flexibility index (Phi) is 3.38. The van der Waals surface area contributed by atoms with E-state index in [2.05, 4.69) is 5.32 Å². The number of carbonyl (C=O) groups excluding carboxylic acids is 2. The van der Waals surface area contributed by atoms with Crippen LogP contribution in [0.3, 0.4) is 0 Å². The Bertz CT molecular complexity index is 574. The van der Waals surface area contributed by atoms with Crippen LogP contribution in [0.4, 0.5) is 4.39 Å². The number of hydrogen-bond acceptors (Lipinski definition) is 2. The lowest BCUT2D eigenvalue weighted by Gasteiger charge is -2.35. The van der Waals surface area contributed by atoms with Crippen molar-refractivity contribution in [1.82, 2.24) is 10.2 Å². The predicted octanol–water partition coefficient (Wildman–Crippen LogP) is 1.72. The fraction of sp³-hybridized carbons (Fsp3) is 0.429. The molecule has 0 aromatic heterocycles. The fourth-order valence-corrected chi connectivity index (χ4v) is 2.78. The maximum atomic E-state index is 13.8. The van der Waals surface area contributed by atoms with Crippen molar-refractivity contribution in [3.8, 4) is 0 Å². The molecule has 0 radical (unpaired) electrons. The van der Waals surface area contributed by atoms with E-state index >= 15 is 0 Å². The van der Waals surface area contributed by atoms with Crippen molar-refractivity contribution in [2.75, 3.05) is 6.54 Å². The topological polar surface area (TPSA) is 49.4 Å². The van der Waals surface area contributed by atoms with Crippen LogP contribution in [0.1, 0.15) is 18.4 Å². The molecule has 1 heterocycles. The number of nitrogens with zero attached hydrogens (tertiary/aromatic N) is 1. The molecule has 1 aromatic rings. The van der Waals surface area contributed by atoms with Gasteiger partial charge in [-0.1, -0.05) is 11.6 Å². The Morgan fingerprint density at radius 2 is 2.10 bits per heavy atom. The maximum Gasteiger partial charge on any atom is 0.243 e. The SMILES string of the molecule is O=C1NCC(=O)N(Cc2cc(Cl)ccc2F)C1C1CC1. The van der Waals surface area contributed by atoms with Gasteiger partial charge in [0, 0.05) is 17.1 Å². The van der Waals surface area contributed by atoms with Gasteiger partial charge < -0.3 is 10.2 Å². The van der Waals surface area contributed by atoms with Crippen LogP contribution in [0.2, 0.25) is 5.02 Å². The second-order valence-corrected chi connectivity index (χ2v) is 5.69. The molecule has 0 bridgehead atoms. The molecular formula is C14H14ClFN2O2. The molecule has 2 aliphatic rings. The summed E-state index contributed by atoms with van der Waals surface area (Å²) in [7, 11) is 0. The summed E-state index contributed by atoms with van der Waals surface area (Å²) in [4.78, 5) is 25.5. The number of piperazine rings is 1. The van der Waals surface area contributed by atoms with Crippen molar-refractivity contribution < 1.29 is 14.0 Å². The van der Waals surface area contributed by atoms with Crippen LogP contribution >= 0.6 is 11.6 Å². The van der Waals surface area contributed by atoms with Crippen molar-refractivity contribution in [1.29, 1.82) is 0 Å². The summed E-state index contributed by atoms with van der Waals surface area (Å²) >= 11 is 5.86. The highest BCUT2D eigenvalue weighted by Crippen LogP contribution is 2.37. The van der Waals surface area contributed by atoms with Gasteiger partial charge in [0.1, 0.15) is 11.9 Å². The van der Waals surface area contributed by atoms with E-state index in [0.717, 1.165) is 12.8 Å². The number of benzene rings is 1. The number of rotatable bonds is 3. The molecule has 4 nitrogen and oxygen atoms in total. The average molecular weight is 297 g/mol. The molecule has 1 N–H and O–H groups in total. The number of halogens is 2. The van der Waals surface area contributed by atoms with E-state index in [0.29, 0.717) is 10.6 Å². The summed E-state index contributed by atoms with van der Waals surface area (Å²) in [6.07, 6.45) is 1.86. The van der Waals surface area contributed by atoms with Crippen LogP contribution in [0.5, 0.6) is 0 Å². The van der Waals surface area contributed by atoms with Crippen LogP contribution in [0, 0.1) is 11.7 Å². The minimum absolute atomic E-state index is 0.0236. The molecule has 0 spiro atoms. The van der Waals surface area contributed by atoms with E-state index in [9.17, 15) is 14.0 Å². The lowest BCUT2D eigenvalue weighted by molar-refractivity contribution is -0.147. The Balaban J connectivity index is 1.87. The standard InChI is InChI=1S/C14H14ClFN2O2/c15-10-3-4-11(16)9(5-10)7-18-12(19)6-17-14(20)13(18)8-1-2-8/h3-5,8,13H,1-2,6-7H2,(H,17,20). The van der Waals surface area contributed by atoms with Gasteiger partial charge in [0.05, 0.1) is 6.54 Å². The molecule has 2 amide bonds. The number of nitrogens with one attached hydrogen (secondary N) is 1. The smallest absolute Gasteiger partial charge is 0.243 e. The Labute approximate surface area is 120 Å². The van der Waals surface area contributed by atoms with Crippen LogP contribution < -0.4 is 5.32 Å². The summed E-state index contributed by atoms with van der Waals surface area (Å²) in [5.74, 6) is -0.542. The molecule has 1 aliphatic carbocycles.